The number of anilines is 1. The number of hydrogen-bond donors (Lipinski definition) is 3. The van der Waals surface area contributed by atoms with Crippen LogP contribution in [0.5, 0.6) is 0 Å². The van der Waals surface area contributed by atoms with Crippen LogP contribution >= 0.6 is 0 Å². The summed E-state index contributed by atoms with van der Waals surface area (Å²) in [4.78, 5) is 34.1. The third-order valence-electron chi connectivity index (χ3n) is 3.34. The lowest BCUT2D eigenvalue weighted by atomic mass is 9.99. The van der Waals surface area contributed by atoms with E-state index >= 15 is 0 Å². The largest absolute Gasteiger partial charge is 0.480 e. The molecule has 2 amide bonds. The molecule has 6 nitrogen and oxygen atoms in total. The van der Waals surface area contributed by atoms with Gasteiger partial charge in [0.1, 0.15) is 11.9 Å². The number of halogens is 1. The highest BCUT2D eigenvalue weighted by atomic mass is 19.1. The molecule has 21 heavy (non-hydrogen) atoms. The summed E-state index contributed by atoms with van der Waals surface area (Å²) >= 11 is 0. The van der Waals surface area contributed by atoms with E-state index in [1.54, 1.807) is 6.92 Å². The molecule has 1 unspecified atom stereocenters. The second-order valence-electron chi connectivity index (χ2n) is 4.81. The van der Waals surface area contributed by atoms with Gasteiger partial charge in [0, 0.05) is 12.1 Å². The first kappa shape index (κ1) is 15.0. The molecule has 0 saturated heterocycles. The molecule has 0 aliphatic carbocycles. The molecule has 1 atom stereocenters. The fourth-order valence-corrected chi connectivity index (χ4v) is 2.15. The molecule has 3 N–H and O–H groups in total. The molecule has 0 bridgehead atoms. The second kappa shape index (κ2) is 5.90. The predicted octanol–water partition coefficient (Wildman–Crippen LogP) is 1.30. The quantitative estimate of drug-likeness (QED) is 0.780. The van der Waals surface area contributed by atoms with Gasteiger partial charge in [0.05, 0.1) is 5.56 Å². The highest BCUT2D eigenvalue weighted by Crippen LogP contribution is 2.25. The van der Waals surface area contributed by atoms with Gasteiger partial charge in [-0.15, -0.1) is 0 Å². The van der Waals surface area contributed by atoms with Crippen molar-refractivity contribution in [3.05, 3.63) is 29.1 Å². The molecule has 0 spiro atoms. The van der Waals surface area contributed by atoms with Crippen LogP contribution in [0.25, 0.3) is 0 Å². The van der Waals surface area contributed by atoms with Crippen molar-refractivity contribution >= 4 is 23.5 Å². The Kier molecular flexibility index (Phi) is 4.21. The van der Waals surface area contributed by atoms with Crippen molar-refractivity contribution in [3.63, 3.8) is 0 Å². The van der Waals surface area contributed by atoms with E-state index in [1.807, 2.05) is 0 Å². The first-order valence-electron chi connectivity index (χ1n) is 6.58. The summed E-state index contributed by atoms with van der Waals surface area (Å²) < 4.78 is 14.0. The van der Waals surface area contributed by atoms with Crippen molar-refractivity contribution in [1.29, 1.82) is 0 Å². The number of carboxylic acids is 1. The first-order chi connectivity index (χ1) is 9.92. The van der Waals surface area contributed by atoms with Crippen molar-refractivity contribution in [2.45, 2.75) is 32.2 Å². The lowest BCUT2D eigenvalue weighted by Crippen LogP contribution is -2.40. The van der Waals surface area contributed by atoms with Gasteiger partial charge in [-0.2, -0.15) is 0 Å². The van der Waals surface area contributed by atoms with Gasteiger partial charge in [-0.1, -0.05) is 6.92 Å². The number of aryl methyl sites for hydroxylation is 1. The maximum Gasteiger partial charge on any atom is 0.326 e. The van der Waals surface area contributed by atoms with Crippen LogP contribution in [0, 0.1) is 5.82 Å². The van der Waals surface area contributed by atoms with Crippen LogP contribution in [-0.2, 0) is 16.0 Å². The average molecular weight is 294 g/mol. The van der Waals surface area contributed by atoms with E-state index < -0.39 is 23.7 Å². The van der Waals surface area contributed by atoms with Gasteiger partial charge in [0.2, 0.25) is 5.91 Å². The van der Waals surface area contributed by atoms with Gasteiger partial charge >= 0.3 is 5.97 Å². The number of aliphatic carboxylic acids is 1. The Hall–Kier alpha value is -2.44. The molecule has 112 valence electrons. The summed E-state index contributed by atoms with van der Waals surface area (Å²) in [5.41, 5.74) is 0.791. The van der Waals surface area contributed by atoms with Crippen molar-refractivity contribution in [2.75, 3.05) is 5.32 Å². The topological polar surface area (TPSA) is 95.5 Å². The Morgan fingerprint density at radius 2 is 2.14 bits per heavy atom. The number of benzene rings is 1. The molecule has 2 rings (SSSR count). The Labute approximate surface area is 120 Å². The summed E-state index contributed by atoms with van der Waals surface area (Å²) in [6.45, 7) is 1.61. The zero-order valence-electron chi connectivity index (χ0n) is 11.4. The lowest BCUT2D eigenvalue weighted by Gasteiger charge is -2.19. The standard InChI is InChI=1S/C14H15FN2O4/c1-2-10(14(20)21)17-13(19)8-5-7-3-4-12(18)16-11(7)6-9(8)15/h5-6,10H,2-4H2,1H3,(H,16,18)(H,17,19)(H,20,21). The van der Waals surface area contributed by atoms with E-state index in [0.717, 1.165) is 6.07 Å². The van der Waals surface area contributed by atoms with Crippen molar-refractivity contribution < 1.29 is 23.9 Å². The van der Waals surface area contributed by atoms with E-state index in [2.05, 4.69) is 10.6 Å². The Morgan fingerprint density at radius 1 is 1.43 bits per heavy atom. The van der Waals surface area contributed by atoms with Gasteiger partial charge in [0.15, 0.2) is 0 Å². The minimum absolute atomic E-state index is 0.198. The average Bonchev–Trinajstić information content (AvgIpc) is 2.43. The fraction of sp³-hybridized carbons (Fsp3) is 0.357. The van der Waals surface area contributed by atoms with Crippen LogP contribution in [0.1, 0.15) is 35.7 Å². The number of carbonyl (C=O) groups is 3. The van der Waals surface area contributed by atoms with E-state index in [9.17, 15) is 18.8 Å². The third-order valence-corrected chi connectivity index (χ3v) is 3.34. The molecule has 1 aromatic rings. The zero-order chi connectivity index (χ0) is 15.6. The second-order valence-corrected chi connectivity index (χ2v) is 4.81. The van der Waals surface area contributed by atoms with Crippen LogP contribution in [0.4, 0.5) is 10.1 Å². The molecule has 0 radical (unpaired) electrons. The molecular formula is C14H15FN2O4. The molecule has 0 saturated carbocycles. The minimum Gasteiger partial charge on any atom is -0.480 e. The van der Waals surface area contributed by atoms with E-state index in [-0.39, 0.29) is 24.3 Å². The monoisotopic (exact) mass is 294 g/mol. The molecule has 1 aromatic carbocycles. The van der Waals surface area contributed by atoms with Crippen LogP contribution in [0.3, 0.4) is 0 Å². The van der Waals surface area contributed by atoms with Gasteiger partial charge in [-0.25, -0.2) is 9.18 Å². The smallest absolute Gasteiger partial charge is 0.326 e. The molecule has 0 aromatic heterocycles. The van der Waals surface area contributed by atoms with E-state index in [0.29, 0.717) is 17.7 Å². The number of amides is 2. The molecule has 0 fully saturated rings. The lowest BCUT2D eigenvalue weighted by molar-refractivity contribution is -0.139. The third kappa shape index (κ3) is 3.18. The van der Waals surface area contributed by atoms with E-state index in [1.165, 1.54) is 6.07 Å². The summed E-state index contributed by atoms with van der Waals surface area (Å²) in [6, 6.07) is 1.38. The SMILES string of the molecule is CCC(NC(=O)c1cc2c(cc1F)NC(=O)CC2)C(=O)O. The molecule has 1 aliphatic heterocycles. The first-order valence-corrected chi connectivity index (χ1v) is 6.58. The molecule has 1 aliphatic rings. The fourth-order valence-electron chi connectivity index (χ4n) is 2.15. The Bertz CT molecular complexity index is 615. The van der Waals surface area contributed by atoms with Crippen LogP contribution < -0.4 is 10.6 Å². The van der Waals surface area contributed by atoms with Crippen molar-refractivity contribution in [1.82, 2.24) is 5.32 Å². The number of nitrogens with one attached hydrogen (secondary N) is 2. The van der Waals surface area contributed by atoms with Gasteiger partial charge < -0.3 is 15.7 Å². The van der Waals surface area contributed by atoms with Crippen LogP contribution in [0.15, 0.2) is 12.1 Å². The summed E-state index contributed by atoms with van der Waals surface area (Å²) in [6.07, 6.45) is 0.883. The van der Waals surface area contributed by atoms with E-state index in [4.69, 9.17) is 5.11 Å². The highest BCUT2D eigenvalue weighted by Gasteiger charge is 2.23. The summed E-state index contributed by atoms with van der Waals surface area (Å²) in [7, 11) is 0. The highest BCUT2D eigenvalue weighted by molar-refractivity contribution is 5.99. The Balaban J connectivity index is 2.26. The predicted molar refractivity (Wildman–Crippen MR) is 72.5 cm³/mol. The van der Waals surface area contributed by atoms with Gasteiger partial charge in [-0.05, 0) is 30.5 Å². The maximum atomic E-state index is 14.0. The molecule has 7 heteroatoms. The van der Waals surface area contributed by atoms with Crippen molar-refractivity contribution in [2.24, 2.45) is 0 Å². The normalized spacial score (nSPS) is 14.9. The van der Waals surface area contributed by atoms with Crippen LogP contribution in [-0.4, -0.2) is 28.9 Å². The van der Waals surface area contributed by atoms with Crippen molar-refractivity contribution in [3.8, 4) is 0 Å². The molecular weight excluding hydrogens is 279 g/mol. The number of fused-ring (bicyclic) bond motifs is 1. The maximum absolute atomic E-state index is 14.0. The number of carboxylic acid groups (broad SMARTS) is 1. The number of carbonyl (C=O) groups excluding carboxylic acids is 2. The van der Waals surface area contributed by atoms with Gasteiger partial charge in [0.25, 0.3) is 5.91 Å². The number of rotatable bonds is 4. The zero-order valence-corrected chi connectivity index (χ0v) is 11.4. The molecule has 1 heterocycles. The van der Waals surface area contributed by atoms with Gasteiger partial charge in [-0.3, -0.25) is 9.59 Å². The minimum atomic E-state index is -1.17. The number of hydrogen-bond acceptors (Lipinski definition) is 3. The summed E-state index contributed by atoms with van der Waals surface area (Å²) in [5.74, 6) is -2.94. The summed E-state index contributed by atoms with van der Waals surface area (Å²) in [5, 5.41) is 13.7. The van der Waals surface area contributed by atoms with Crippen LogP contribution in [0.2, 0.25) is 0 Å². The Morgan fingerprint density at radius 3 is 2.76 bits per heavy atom.